The average Bonchev–Trinajstić information content (AvgIpc) is 2.74. The van der Waals surface area contributed by atoms with Crippen LogP contribution in [0.25, 0.3) is 0 Å². The summed E-state index contributed by atoms with van der Waals surface area (Å²) in [5.74, 6) is -1.31. The van der Waals surface area contributed by atoms with Crippen LogP contribution in [0.3, 0.4) is 0 Å². The topological polar surface area (TPSA) is 108 Å². The summed E-state index contributed by atoms with van der Waals surface area (Å²) in [5, 5.41) is 13.6. The van der Waals surface area contributed by atoms with Crippen LogP contribution in [0.1, 0.15) is 24.5 Å². The summed E-state index contributed by atoms with van der Waals surface area (Å²) >= 11 is 3.22. The molecule has 0 radical (unpaired) electrons. The van der Waals surface area contributed by atoms with Gasteiger partial charge >= 0.3 is 5.97 Å². The number of hydrogen-bond acceptors (Lipinski definition) is 6. The quantitative estimate of drug-likeness (QED) is 0.394. The minimum atomic E-state index is -1.14. The maximum Gasteiger partial charge on any atom is 0.310 e. The van der Waals surface area contributed by atoms with Crippen molar-refractivity contribution in [3.8, 4) is 0 Å². The van der Waals surface area contributed by atoms with Gasteiger partial charge in [0.2, 0.25) is 6.10 Å². The minimum Gasteiger partial charge on any atom is -0.447 e. The number of amides is 1. The number of carbonyl (C=O) groups excluding carboxylic acids is 2. The Morgan fingerprint density at radius 1 is 1.17 bits per heavy atom. The van der Waals surface area contributed by atoms with Crippen LogP contribution in [0.15, 0.2) is 53.0 Å². The van der Waals surface area contributed by atoms with E-state index in [1.165, 1.54) is 18.2 Å². The fourth-order valence-electron chi connectivity index (χ4n) is 2.96. The summed E-state index contributed by atoms with van der Waals surface area (Å²) in [6, 6.07) is 12.7. The number of anilines is 1. The van der Waals surface area contributed by atoms with Gasteiger partial charge in [-0.1, -0.05) is 30.3 Å². The van der Waals surface area contributed by atoms with Gasteiger partial charge in [0, 0.05) is 35.4 Å². The van der Waals surface area contributed by atoms with E-state index < -0.39 is 22.9 Å². The summed E-state index contributed by atoms with van der Waals surface area (Å²) in [7, 11) is 0. The SMILES string of the molecule is O=C(OC(C(=O)Nc1ccc([N+](=O)[O-])cc1Br)c1ccccc1)C1CCOCC1. The Labute approximate surface area is 175 Å². The van der Waals surface area contributed by atoms with Crippen LogP contribution in [-0.2, 0) is 19.1 Å². The van der Waals surface area contributed by atoms with Crippen molar-refractivity contribution in [1.82, 2.24) is 0 Å². The first-order valence-corrected chi connectivity index (χ1v) is 9.83. The van der Waals surface area contributed by atoms with Gasteiger partial charge in [-0.15, -0.1) is 0 Å². The van der Waals surface area contributed by atoms with E-state index in [-0.39, 0.29) is 11.6 Å². The van der Waals surface area contributed by atoms with Gasteiger partial charge in [-0.25, -0.2) is 0 Å². The Balaban J connectivity index is 1.79. The highest BCUT2D eigenvalue weighted by atomic mass is 79.9. The van der Waals surface area contributed by atoms with Crippen LogP contribution in [0.2, 0.25) is 0 Å². The molecule has 1 amide bonds. The van der Waals surface area contributed by atoms with Gasteiger partial charge in [-0.2, -0.15) is 0 Å². The number of halogens is 1. The van der Waals surface area contributed by atoms with Crippen molar-refractivity contribution in [3.05, 3.63) is 68.7 Å². The second-order valence-corrected chi connectivity index (χ2v) is 7.38. The molecule has 9 heteroatoms. The number of rotatable bonds is 6. The second kappa shape index (κ2) is 9.62. The van der Waals surface area contributed by atoms with E-state index in [0.29, 0.717) is 41.8 Å². The predicted octanol–water partition coefficient (Wildman–Crippen LogP) is 4.01. The molecule has 0 bridgehead atoms. The Morgan fingerprint density at radius 3 is 2.48 bits per heavy atom. The molecule has 1 aliphatic rings. The third kappa shape index (κ3) is 5.39. The number of hydrogen-bond donors (Lipinski definition) is 1. The highest BCUT2D eigenvalue weighted by Gasteiger charge is 2.30. The van der Waals surface area contributed by atoms with E-state index in [1.54, 1.807) is 30.3 Å². The Bertz CT molecular complexity index is 899. The van der Waals surface area contributed by atoms with Crippen molar-refractivity contribution in [2.45, 2.75) is 18.9 Å². The first-order valence-electron chi connectivity index (χ1n) is 9.03. The maximum atomic E-state index is 12.9. The van der Waals surface area contributed by atoms with E-state index in [2.05, 4.69) is 21.2 Å². The molecule has 8 nitrogen and oxygen atoms in total. The van der Waals surface area contributed by atoms with Gasteiger partial charge in [-0.3, -0.25) is 19.7 Å². The Kier molecular flexibility index (Phi) is 6.95. The van der Waals surface area contributed by atoms with E-state index in [9.17, 15) is 19.7 Å². The van der Waals surface area contributed by atoms with Crippen molar-refractivity contribution in [3.63, 3.8) is 0 Å². The Hall–Kier alpha value is -2.78. The normalized spacial score (nSPS) is 15.3. The van der Waals surface area contributed by atoms with Gasteiger partial charge < -0.3 is 14.8 Å². The van der Waals surface area contributed by atoms with Gasteiger partial charge in [0.05, 0.1) is 16.5 Å². The second-order valence-electron chi connectivity index (χ2n) is 6.52. The molecule has 1 unspecified atom stereocenters. The van der Waals surface area contributed by atoms with E-state index in [0.717, 1.165) is 0 Å². The van der Waals surface area contributed by atoms with Crippen molar-refractivity contribution in [1.29, 1.82) is 0 Å². The monoisotopic (exact) mass is 462 g/mol. The fraction of sp³-hybridized carbons (Fsp3) is 0.300. The van der Waals surface area contributed by atoms with E-state index in [4.69, 9.17) is 9.47 Å². The molecule has 2 aromatic carbocycles. The minimum absolute atomic E-state index is 0.111. The zero-order valence-corrected chi connectivity index (χ0v) is 17.0. The average molecular weight is 463 g/mol. The molecule has 2 aromatic rings. The molecule has 3 rings (SSSR count). The summed E-state index contributed by atoms with van der Waals surface area (Å²) in [6.07, 6.45) is -0.0419. The molecular formula is C20H19BrN2O6. The number of non-ortho nitro benzene ring substituents is 1. The molecule has 0 aromatic heterocycles. The molecule has 152 valence electrons. The molecule has 1 N–H and O–H groups in total. The van der Waals surface area contributed by atoms with Crippen molar-refractivity contribution >= 4 is 39.2 Å². The lowest BCUT2D eigenvalue weighted by atomic mass is 10.0. The molecule has 1 saturated heterocycles. The lowest BCUT2D eigenvalue weighted by molar-refractivity contribution is -0.384. The maximum absolute atomic E-state index is 12.9. The highest BCUT2D eigenvalue weighted by molar-refractivity contribution is 9.10. The van der Waals surface area contributed by atoms with Crippen LogP contribution >= 0.6 is 15.9 Å². The third-order valence-corrected chi connectivity index (χ3v) is 5.21. The standard InChI is InChI=1S/C20H19BrN2O6/c21-16-12-15(23(26)27)6-7-17(16)22-19(24)18(13-4-2-1-3-5-13)29-20(25)14-8-10-28-11-9-14/h1-7,12,14,18H,8-11H2,(H,22,24). The van der Waals surface area contributed by atoms with Crippen molar-refractivity contribution in [2.24, 2.45) is 5.92 Å². The van der Waals surface area contributed by atoms with E-state index >= 15 is 0 Å². The number of nitro groups is 1. The molecule has 0 aliphatic carbocycles. The van der Waals surface area contributed by atoms with Gasteiger partial charge in [0.15, 0.2) is 0 Å². The number of nitrogens with zero attached hydrogens (tertiary/aromatic N) is 1. The number of ether oxygens (including phenoxy) is 2. The molecular weight excluding hydrogens is 444 g/mol. The highest BCUT2D eigenvalue weighted by Crippen LogP contribution is 2.29. The van der Waals surface area contributed by atoms with Crippen LogP contribution in [0.4, 0.5) is 11.4 Å². The summed E-state index contributed by atoms with van der Waals surface area (Å²) in [6.45, 7) is 0.968. The molecule has 1 atom stereocenters. The first-order chi connectivity index (χ1) is 14.0. The number of carbonyl (C=O) groups is 2. The third-order valence-electron chi connectivity index (χ3n) is 4.55. The number of nitrogens with one attached hydrogen (secondary N) is 1. The first kappa shape index (κ1) is 20.9. The van der Waals surface area contributed by atoms with Crippen LogP contribution in [0, 0.1) is 16.0 Å². The fourth-order valence-corrected chi connectivity index (χ4v) is 3.43. The number of benzene rings is 2. The van der Waals surface area contributed by atoms with Gasteiger partial charge in [-0.05, 0) is 34.8 Å². The molecule has 1 fully saturated rings. The lowest BCUT2D eigenvalue weighted by Gasteiger charge is -2.24. The van der Waals surface area contributed by atoms with Crippen LogP contribution in [-0.4, -0.2) is 30.0 Å². The number of esters is 1. The molecule has 1 aliphatic heterocycles. The predicted molar refractivity (Wildman–Crippen MR) is 108 cm³/mol. The molecule has 1 heterocycles. The summed E-state index contributed by atoms with van der Waals surface area (Å²) in [5.41, 5.74) is 0.757. The van der Waals surface area contributed by atoms with Crippen LogP contribution in [0.5, 0.6) is 0 Å². The number of nitro benzene ring substituents is 1. The molecule has 0 spiro atoms. The zero-order chi connectivity index (χ0) is 20.8. The molecule has 29 heavy (non-hydrogen) atoms. The van der Waals surface area contributed by atoms with E-state index in [1.807, 2.05) is 0 Å². The molecule has 0 saturated carbocycles. The lowest BCUT2D eigenvalue weighted by Crippen LogP contribution is -2.31. The largest absolute Gasteiger partial charge is 0.447 e. The summed E-state index contributed by atoms with van der Waals surface area (Å²) < 4.78 is 11.2. The van der Waals surface area contributed by atoms with Crippen molar-refractivity contribution < 1.29 is 24.0 Å². The smallest absolute Gasteiger partial charge is 0.310 e. The van der Waals surface area contributed by atoms with Gasteiger partial charge in [0.25, 0.3) is 11.6 Å². The zero-order valence-electron chi connectivity index (χ0n) is 15.4. The van der Waals surface area contributed by atoms with Crippen molar-refractivity contribution in [2.75, 3.05) is 18.5 Å². The van der Waals surface area contributed by atoms with Gasteiger partial charge in [0.1, 0.15) is 0 Å². The van der Waals surface area contributed by atoms with Crippen LogP contribution < -0.4 is 5.32 Å². The summed E-state index contributed by atoms with van der Waals surface area (Å²) in [4.78, 5) is 35.9. The Morgan fingerprint density at radius 2 is 1.86 bits per heavy atom.